The molecule has 0 atom stereocenters. The fourth-order valence-electron chi connectivity index (χ4n) is 1.94. The summed E-state index contributed by atoms with van der Waals surface area (Å²) >= 11 is 1.70. The van der Waals surface area contributed by atoms with Gasteiger partial charge in [0.05, 0.1) is 14.2 Å². The van der Waals surface area contributed by atoms with Gasteiger partial charge in [-0.3, -0.25) is 4.79 Å². The number of methoxy groups -OCH3 is 2. The first-order valence-electron chi connectivity index (χ1n) is 6.93. The van der Waals surface area contributed by atoms with E-state index in [4.69, 9.17) is 9.47 Å². The Bertz CT molecular complexity index is 635. The maximum absolute atomic E-state index is 11.8. The molecule has 0 unspecified atom stereocenters. The summed E-state index contributed by atoms with van der Waals surface area (Å²) in [5, 5.41) is 4.90. The second kappa shape index (κ2) is 8.24. The molecule has 0 spiro atoms. The van der Waals surface area contributed by atoms with E-state index in [-0.39, 0.29) is 5.91 Å². The molecule has 0 saturated carbocycles. The molecule has 0 radical (unpaired) electrons. The minimum Gasteiger partial charge on any atom is -0.497 e. The van der Waals surface area contributed by atoms with Crippen molar-refractivity contribution in [1.82, 2.24) is 5.32 Å². The summed E-state index contributed by atoms with van der Waals surface area (Å²) < 4.78 is 10.4. The lowest BCUT2D eigenvalue weighted by atomic mass is 10.1. The number of thiophene rings is 1. The number of hydrogen-bond donors (Lipinski definition) is 1. The molecule has 1 aromatic carbocycles. The van der Waals surface area contributed by atoms with E-state index in [9.17, 15) is 4.79 Å². The highest BCUT2D eigenvalue weighted by Gasteiger charge is 2.03. The van der Waals surface area contributed by atoms with Crippen LogP contribution in [0.2, 0.25) is 0 Å². The van der Waals surface area contributed by atoms with Crippen LogP contribution in [-0.4, -0.2) is 26.7 Å². The van der Waals surface area contributed by atoms with Crippen molar-refractivity contribution in [3.8, 4) is 11.5 Å². The van der Waals surface area contributed by atoms with Crippen molar-refractivity contribution >= 4 is 23.3 Å². The molecule has 1 heterocycles. The number of amides is 1. The molecule has 0 aliphatic carbocycles. The first kappa shape index (κ1) is 16.1. The Balaban J connectivity index is 1.89. The van der Waals surface area contributed by atoms with Crippen molar-refractivity contribution in [1.29, 1.82) is 0 Å². The zero-order valence-electron chi connectivity index (χ0n) is 12.7. The average Bonchev–Trinajstić information content (AvgIpc) is 3.06. The quantitative estimate of drug-likeness (QED) is 0.798. The van der Waals surface area contributed by atoms with Crippen molar-refractivity contribution in [2.75, 3.05) is 20.8 Å². The zero-order chi connectivity index (χ0) is 15.8. The number of carbonyl (C=O) groups excluding carboxylic acids is 1. The lowest BCUT2D eigenvalue weighted by molar-refractivity contribution is -0.116. The van der Waals surface area contributed by atoms with Crippen LogP contribution in [0.3, 0.4) is 0 Å². The second-order valence-electron chi connectivity index (χ2n) is 4.56. The van der Waals surface area contributed by atoms with Crippen LogP contribution in [0.15, 0.2) is 41.8 Å². The summed E-state index contributed by atoms with van der Waals surface area (Å²) in [5.41, 5.74) is 0.830. The van der Waals surface area contributed by atoms with Crippen LogP contribution in [-0.2, 0) is 11.2 Å². The van der Waals surface area contributed by atoms with E-state index in [2.05, 4.69) is 11.4 Å². The number of ether oxygens (including phenoxy) is 2. The highest BCUT2D eigenvalue weighted by molar-refractivity contribution is 7.09. The van der Waals surface area contributed by atoms with Gasteiger partial charge in [-0.2, -0.15) is 0 Å². The number of benzene rings is 1. The van der Waals surface area contributed by atoms with Crippen LogP contribution in [0.5, 0.6) is 11.5 Å². The van der Waals surface area contributed by atoms with Gasteiger partial charge in [-0.25, -0.2) is 0 Å². The summed E-state index contributed by atoms with van der Waals surface area (Å²) in [7, 11) is 3.19. The molecule has 2 rings (SSSR count). The second-order valence-corrected chi connectivity index (χ2v) is 5.59. The largest absolute Gasteiger partial charge is 0.497 e. The molecule has 2 aromatic rings. The highest BCUT2D eigenvalue weighted by atomic mass is 32.1. The van der Waals surface area contributed by atoms with Gasteiger partial charge < -0.3 is 14.8 Å². The van der Waals surface area contributed by atoms with Gasteiger partial charge in [0, 0.05) is 29.1 Å². The Kier molecular flexibility index (Phi) is 6.03. The maximum atomic E-state index is 11.8. The van der Waals surface area contributed by atoms with Crippen LogP contribution in [0.25, 0.3) is 6.08 Å². The van der Waals surface area contributed by atoms with Gasteiger partial charge in [-0.05, 0) is 36.1 Å². The summed E-state index contributed by atoms with van der Waals surface area (Å²) in [6.45, 7) is 0.628. The number of nitrogens with one attached hydrogen (secondary N) is 1. The lowest BCUT2D eigenvalue weighted by Gasteiger charge is -2.07. The van der Waals surface area contributed by atoms with Gasteiger partial charge in [0.2, 0.25) is 5.91 Å². The van der Waals surface area contributed by atoms with Crippen LogP contribution in [0.4, 0.5) is 0 Å². The molecular weight excluding hydrogens is 298 g/mol. The highest BCUT2D eigenvalue weighted by Crippen LogP contribution is 2.25. The van der Waals surface area contributed by atoms with Crippen molar-refractivity contribution in [2.24, 2.45) is 0 Å². The molecule has 1 N–H and O–H groups in total. The molecular formula is C17H19NO3S. The Hall–Kier alpha value is -2.27. The number of carbonyl (C=O) groups is 1. The van der Waals surface area contributed by atoms with Crippen LogP contribution in [0.1, 0.15) is 10.4 Å². The molecule has 1 aromatic heterocycles. The smallest absolute Gasteiger partial charge is 0.244 e. The molecule has 0 fully saturated rings. The van der Waals surface area contributed by atoms with Crippen LogP contribution >= 0.6 is 11.3 Å². The number of hydrogen-bond acceptors (Lipinski definition) is 4. The molecule has 116 valence electrons. The third-order valence-electron chi connectivity index (χ3n) is 3.11. The molecule has 0 bridgehead atoms. The van der Waals surface area contributed by atoms with Crippen LogP contribution < -0.4 is 14.8 Å². The van der Waals surface area contributed by atoms with Crippen molar-refractivity contribution in [3.05, 3.63) is 52.2 Å². The van der Waals surface area contributed by atoms with Gasteiger partial charge in [0.15, 0.2) is 0 Å². The molecule has 1 amide bonds. The van der Waals surface area contributed by atoms with Crippen molar-refractivity contribution in [3.63, 3.8) is 0 Å². The minimum atomic E-state index is -0.116. The van der Waals surface area contributed by atoms with Gasteiger partial charge in [-0.15, -0.1) is 11.3 Å². The van der Waals surface area contributed by atoms with Gasteiger partial charge >= 0.3 is 0 Å². The Morgan fingerprint density at radius 3 is 2.82 bits per heavy atom. The Labute approximate surface area is 134 Å². The van der Waals surface area contributed by atoms with E-state index in [1.165, 1.54) is 11.0 Å². The van der Waals surface area contributed by atoms with E-state index in [0.717, 1.165) is 17.7 Å². The standard InChI is InChI=1S/C17H19NO3S/c1-20-14-7-5-13(16(12-14)21-2)6-8-17(19)18-10-9-15-4-3-11-22-15/h3-8,11-12H,9-10H2,1-2H3,(H,18,19). The van der Waals surface area contributed by atoms with E-state index >= 15 is 0 Å². The molecule has 4 nitrogen and oxygen atoms in total. The molecule has 0 saturated heterocycles. The van der Waals surface area contributed by atoms with E-state index < -0.39 is 0 Å². The van der Waals surface area contributed by atoms with Crippen LogP contribution in [0, 0.1) is 0 Å². The first-order valence-corrected chi connectivity index (χ1v) is 7.81. The summed E-state index contributed by atoms with van der Waals surface area (Å²) in [6, 6.07) is 9.55. The van der Waals surface area contributed by atoms with E-state index in [1.54, 1.807) is 37.7 Å². The normalized spacial score (nSPS) is 10.6. The molecule has 0 aliphatic rings. The predicted molar refractivity (Wildman–Crippen MR) is 89.6 cm³/mol. The maximum Gasteiger partial charge on any atom is 0.244 e. The topological polar surface area (TPSA) is 47.6 Å². The molecule has 22 heavy (non-hydrogen) atoms. The monoisotopic (exact) mass is 317 g/mol. The van der Waals surface area contributed by atoms with Gasteiger partial charge in [-0.1, -0.05) is 6.07 Å². The molecule has 0 aliphatic heterocycles. The minimum absolute atomic E-state index is 0.116. The Morgan fingerprint density at radius 1 is 1.27 bits per heavy atom. The van der Waals surface area contributed by atoms with Gasteiger partial charge in [0.25, 0.3) is 0 Å². The Morgan fingerprint density at radius 2 is 2.14 bits per heavy atom. The zero-order valence-corrected chi connectivity index (χ0v) is 13.5. The average molecular weight is 317 g/mol. The van der Waals surface area contributed by atoms with Crippen molar-refractivity contribution in [2.45, 2.75) is 6.42 Å². The third kappa shape index (κ3) is 4.63. The third-order valence-corrected chi connectivity index (χ3v) is 4.04. The van der Waals surface area contributed by atoms with E-state index in [1.807, 2.05) is 23.6 Å². The van der Waals surface area contributed by atoms with E-state index in [0.29, 0.717) is 12.3 Å². The SMILES string of the molecule is COc1ccc(C=CC(=O)NCCc2cccs2)c(OC)c1. The predicted octanol–water partition coefficient (Wildman–Crippen LogP) is 3.14. The number of rotatable bonds is 7. The lowest BCUT2D eigenvalue weighted by Crippen LogP contribution is -2.23. The fourth-order valence-corrected chi connectivity index (χ4v) is 2.65. The van der Waals surface area contributed by atoms with Crippen molar-refractivity contribution < 1.29 is 14.3 Å². The van der Waals surface area contributed by atoms with Gasteiger partial charge in [0.1, 0.15) is 11.5 Å². The summed E-state index contributed by atoms with van der Waals surface area (Å²) in [6.07, 6.45) is 4.10. The fraction of sp³-hybridized carbons (Fsp3) is 0.235. The first-order chi connectivity index (χ1) is 10.7. The summed E-state index contributed by atoms with van der Waals surface area (Å²) in [5.74, 6) is 1.27. The molecule has 5 heteroatoms. The summed E-state index contributed by atoms with van der Waals surface area (Å²) in [4.78, 5) is 13.1.